The number of carbonyl (C=O) groups is 10. The Morgan fingerprint density at radius 2 is 0.940 bits per heavy atom. The van der Waals surface area contributed by atoms with Gasteiger partial charge in [0.1, 0.15) is 23.7 Å². The van der Waals surface area contributed by atoms with Crippen LogP contribution >= 0.6 is 0 Å². The number of amides is 3. The van der Waals surface area contributed by atoms with Crippen LogP contribution in [0.15, 0.2) is 0 Å². The number of nitrogens with one attached hydrogen (secondary N) is 3. The van der Waals surface area contributed by atoms with E-state index in [4.69, 9.17) is 10.2 Å². The van der Waals surface area contributed by atoms with E-state index in [-0.39, 0.29) is 38.6 Å². The predicted molar refractivity (Wildman–Crippen MR) is 172 cm³/mol. The maximum atomic E-state index is 12.5. The molecule has 0 spiro atoms. The molecule has 50 heavy (non-hydrogen) atoms. The maximum Gasteiger partial charge on any atom is 0.326 e. The summed E-state index contributed by atoms with van der Waals surface area (Å²) in [5.74, 6) is -12.6. The molecule has 0 aliphatic rings. The molecule has 0 aromatic heterocycles. The summed E-state index contributed by atoms with van der Waals surface area (Å²) < 4.78 is 0. The summed E-state index contributed by atoms with van der Waals surface area (Å²) in [4.78, 5) is 118. The lowest BCUT2D eigenvalue weighted by Gasteiger charge is -2.17. The van der Waals surface area contributed by atoms with Crippen LogP contribution in [-0.2, 0) is 47.9 Å². The molecule has 282 valence electrons. The highest BCUT2D eigenvalue weighted by Crippen LogP contribution is 2.17. The molecule has 18 nitrogen and oxygen atoms in total. The minimum absolute atomic E-state index is 0.221. The molecule has 0 saturated heterocycles. The second-order valence-electron chi connectivity index (χ2n) is 12.1. The van der Waals surface area contributed by atoms with Gasteiger partial charge in [-0.05, 0) is 51.9 Å². The molecule has 3 amide bonds. The van der Waals surface area contributed by atoms with Crippen LogP contribution in [0.2, 0.25) is 0 Å². The van der Waals surface area contributed by atoms with E-state index in [1.807, 2.05) is 0 Å². The Hall–Kier alpha value is -4.90. The van der Waals surface area contributed by atoms with Gasteiger partial charge in [0.2, 0.25) is 17.7 Å². The normalized spacial score (nSPS) is 13.8. The van der Waals surface area contributed by atoms with Gasteiger partial charge in [-0.25, -0.2) is 9.59 Å². The minimum Gasteiger partial charge on any atom is -0.481 e. The van der Waals surface area contributed by atoms with Gasteiger partial charge in [-0.3, -0.25) is 33.6 Å². The smallest absolute Gasteiger partial charge is 0.326 e. The number of Topliss-reactive ketones (excluding diaryl/α,β-unsaturated/α-hetero) is 2. The number of carbonyl (C=O) groups excluding carboxylic acids is 5. The highest BCUT2D eigenvalue weighted by atomic mass is 16.4. The first kappa shape index (κ1) is 45.1. The third kappa shape index (κ3) is 20.5. The molecule has 18 heteroatoms. The number of unbranched alkanes of at least 4 members (excludes halogenated alkanes) is 1. The van der Waals surface area contributed by atoms with Gasteiger partial charge in [-0.15, -0.1) is 0 Å². The number of rotatable bonds is 29. The van der Waals surface area contributed by atoms with Crippen LogP contribution in [0.3, 0.4) is 0 Å². The quantitative estimate of drug-likeness (QED) is 0.0501. The van der Waals surface area contributed by atoms with Gasteiger partial charge >= 0.3 is 29.8 Å². The fraction of sp³-hybridized carbons (Fsp3) is 0.688. The van der Waals surface area contributed by atoms with Gasteiger partial charge < -0.3 is 46.3 Å². The standard InChI is InChI=1S/C32H49N3O15/c1-3-19(28(41)42)6-4-5-15-33-25(38)14-11-24(32(49)50)35-27(40)13-8-21(30(45)46)17-22(37)9-10-23(31(47)48)34-26(39)12-7-20(29(43)44)16-18(2)36/h19-21,23-24H,3-17H2,1-2H3,(H,33,38)(H,34,39)(H,35,40)(H,41,42)(H,43,44)(H,45,46)(H,47,48)(H,49,50)/t19-,20+,21+,23-,24-/m0/s1. The summed E-state index contributed by atoms with van der Waals surface area (Å²) in [6.45, 7) is 3.22. The predicted octanol–water partition coefficient (Wildman–Crippen LogP) is 0.983. The van der Waals surface area contributed by atoms with E-state index < -0.39 is 121 Å². The lowest BCUT2D eigenvalue weighted by molar-refractivity contribution is -0.145. The summed E-state index contributed by atoms with van der Waals surface area (Å²) in [6.07, 6.45) is -1.61. The van der Waals surface area contributed by atoms with Crippen LogP contribution in [0.4, 0.5) is 0 Å². The summed E-state index contributed by atoms with van der Waals surface area (Å²) in [7, 11) is 0. The first-order chi connectivity index (χ1) is 23.4. The molecular weight excluding hydrogens is 666 g/mol. The van der Waals surface area contributed by atoms with Crippen LogP contribution in [0, 0.1) is 17.8 Å². The molecule has 0 radical (unpaired) electrons. The van der Waals surface area contributed by atoms with E-state index in [9.17, 15) is 63.3 Å². The van der Waals surface area contributed by atoms with Gasteiger partial charge in [-0.2, -0.15) is 0 Å². The van der Waals surface area contributed by atoms with Crippen molar-refractivity contribution in [2.24, 2.45) is 17.8 Å². The van der Waals surface area contributed by atoms with Gasteiger partial charge in [0, 0.05) is 45.1 Å². The number of hydrogen-bond acceptors (Lipinski definition) is 10. The van der Waals surface area contributed by atoms with Crippen LogP contribution in [0.5, 0.6) is 0 Å². The molecule has 5 atom stereocenters. The van der Waals surface area contributed by atoms with E-state index in [1.54, 1.807) is 6.92 Å². The maximum absolute atomic E-state index is 12.5. The van der Waals surface area contributed by atoms with Gasteiger partial charge in [0.15, 0.2) is 0 Å². The highest BCUT2D eigenvalue weighted by molar-refractivity contribution is 5.88. The Balaban J connectivity index is 4.79. The van der Waals surface area contributed by atoms with Crippen molar-refractivity contribution in [1.29, 1.82) is 0 Å². The summed E-state index contributed by atoms with van der Waals surface area (Å²) in [5.41, 5.74) is 0. The van der Waals surface area contributed by atoms with Crippen molar-refractivity contribution in [3.8, 4) is 0 Å². The molecule has 0 aliphatic heterocycles. The van der Waals surface area contributed by atoms with E-state index in [0.717, 1.165) is 0 Å². The summed E-state index contributed by atoms with van der Waals surface area (Å²) >= 11 is 0. The van der Waals surface area contributed by atoms with Crippen molar-refractivity contribution in [3.63, 3.8) is 0 Å². The number of carboxylic acid groups (broad SMARTS) is 5. The lowest BCUT2D eigenvalue weighted by atomic mass is 9.94. The van der Waals surface area contributed by atoms with E-state index in [2.05, 4.69) is 16.0 Å². The molecule has 0 aliphatic carbocycles. The van der Waals surface area contributed by atoms with E-state index in [0.29, 0.717) is 25.7 Å². The van der Waals surface area contributed by atoms with Crippen molar-refractivity contribution >= 4 is 59.1 Å². The molecule has 0 heterocycles. The lowest BCUT2D eigenvalue weighted by Crippen LogP contribution is -2.42. The number of carboxylic acids is 5. The third-order valence-electron chi connectivity index (χ3n) is 7.93. The average molecular weight is 716 g/mol. The molecule has 0 bridgehead atoms. The Kier molecular flexibility index (Phi) is 21.9. The van der Waals surface area contributed by atoms with Crippen LogP contribution in [0.1, 0.15) is 104 Å². The fourth-order valence-corrected chi connectivity index (χ4v) is 4.92. The number of hydrogen-bond donors (Lipinski definition) is 8. The van der Waals surface area contributed by atoms with Crippen LogP contribution in [-0.4, -0.2) is 103 Å². The molecule has 0 saturated carbocycles. The number of aliphatic carboxylic acids is 5. The first-order valence-electron chi connectivity index (χ1n) is 16.4. The molecule has 0 unspecified atom stereocenters. The molecule has 0 aromatic rings. The van der Waals surface area contributed by atoms with E-state index >= 15 is 0 Å². The zero-order valence-electron chi connectivity index (χ0n) is 28.3. The van der Waals surface area contributed by atoms with Crippen molar-refractivity contribution in [2.45, 2.75) is 116 Å². The molecule has 0 aromatic carbocycles. The largest absolute Gasteiger partial charge is 0.481 e. The van der Waals surface area contributed by atoms with Gasteiger partial charge in [-0.1, -0.05) is 13.3 Å². The third-order valence-corrected chi connectivity index (χ3v) is 7.93. The average Bonchev–Trinajstić information content (AvgIpc) is 3.02. The second kappa shape index (κ2) is 24.3. The van der Waals surface area contributed by atoms with Crippen molar-refractivity contribution in [2.75, 3.05) is 6.54 Å². The van der Waals surface area contributed by atoms with E-state index in [1.165, 1.54) is 6.92 Å². The molecule has 0 rings (SSSR count). The minimum atomic E-state index is -1.54. The van der Waals surface area contributed by atoms with Crippen molar-refractivity contribution < 1.29 is 73.5 Å². The summed E-state index contributed by atoms with van der Waals surface area (Å²) in [6, 6.07) is -2.99. The Bertz CT molecular complexity index is 1240. The number of ketones is 2. The van der Waals surface area contributed by atoms with Crippen molar-refractivity contribution in [1.82, 2.24) is 16.0 Å². The zero-order valence-corrected chi connectivity index (χ0v) is 28.3. The zero-order chi connectivity index (χ0) is 38.4. The second-order valence-corrected chi connectivity index (χ2v) is 12.1. The van der Waals surface area contributed by atoms with Gasteiger partial charge in [0.05, 0.1) is 17.8 Å². The Labute approximate surface area is 288 Å². The SMILES string of the molecule is CC[C@@H](CCCCNC(=O)CC[C@H](NC(=O)CC[C@H](CC(=O)CC[C@H](NC(=O)CC[C@H](CC(C)=O)C(=O)O)C(=O)O)C(=O)O)C(=O)O)C(=O)O. The molecule has 0 fully saturated rings. The fourth-order valence-electron chi connectivity index (χ4n) is 4.92. The summed E-state index contributed by atoms with van der Waals surface area (Å²) in [5, 5.41) is 53.6. The Morgan fingerprint density at radius 1 is 0.500 bits per heavy atom. The highest BCUT2D eigenvalue weighted by Gasteiger charge is 2.27. The Morgan fingerprint density at radius 3 is 1.36 bits per heavy atom. The molecule has 8 N–H and O–H groups in total. The first-order valence-corrected chi connectivity index (χ1v) is 16.4. The monoisotopic (exact) mass is 715 g/mol. The van der Waals surface area contributed by atoms with Crippen LogP contribution in [0.25, 0.3) is 0 Å². The molecular formula is C32H49N3O15. The van der Waals surface area contributed by atoms with Crippen LogP contribution < -0.4 is 16.0 Å². The van der Waals surface area contributed by atoms with Gasteiger partial charge in [0.25, 0.3) is 0 Å². The topological polar surface area (TPSA) is 308 Å². The van der Waals surface area contributed by atoms with Crippen molar-refractivity contribution in [3.05, 3.63) is 0 Å².